The van der Waals surface area contributed by atoms with Crippen molar-refractivity contribution in [1.29, 1.82) is 0 Å². The average Bonchev–Trinajstić information content (AvgIpc) is 1.72. The lowest BCUT2D eigenvalue weighted by Gasteiger charge is -2.42. The summed E-state index contributed by atoms with van der Waals surface area (Å²) in [7, 11) is 1.44. The number of aliphatic carboxylic acids is 8. The Morgan fingerprint density at radius 1 is 0.517 bits per heavy atom. The van der Waals surface area contributed by atoms with Crippen LogP contribution < -0.4 is 58.3 Å². The number of carboxylic acid groups (broad SMARTS) is 8. The van der Waals surface area contributed by atoms with Gasteiger partial charge in [0.15, 0.2) is 0 Å². The summed E-state index contributed by atoms with van der Waals surface area (Å²) in [6.45, 7) is -4.87. The van der Waals surface area contributed by atoms with Gasteiger partial charge in [-0.25, -0.2) is 0 Å². The molecule has 89 heavy (non-hydrogen) atoms. The molecule has 0 aliphatic heterocycles. The van der Waals surface area contributed by atoms with Gasteiger partial charge < -0.3 is 60.9 Å². The molecule has 3 unspecified atom stereocenters. The zero-order valence-electron chi connectivity index (χ0n) is 47.9. The van der Waals surface area contributed by atoms with Gasteiger partial charge in [0.2, 0.25) is 0 Å². The van der Waals surface area contributed by atoms with E-state index in [1.54, 1.807) is 72.8 Å². The van der Waals surface area contributed by atoms with Crippen LogP contribution in [0.15, 0.2) is 72.8 Å². The predicted molar refractivity (Wildman–Crippen MR) is 308 cm³/mol. The van der Waals surface area contributed by atoms with Gasteiger partial charge in [-0.3, -0.25) is 116 Å². The van der Waals surface area contributed by atoms with E-state index in [1.165, 1.54) is 21.0 Å². The van der Waals surface area contributed by atoms with Gasteiger partial charge in [0, 0.05) is 51.9 Å². The third-order valence-corrected chi connectivity index (χ3v) is 13.8. The molecule has 35 heteroatoms. The van der Waals surface area contributed by atoms with Crippen LogP contribution in [0.25, 0.3) is 21.8 Å². The number of H-pyrrole nitrogens is 2. The number of hydrazine groups is 2. The van der Waals surface area contributed by atoms with Crippen molar-refractivity contribution < 1.29 is 103 Å². The van der Waals surface area contributed by atoms with Crippen LogP contribution in [0.5, 0.6) is 5.75 Å². The van der Waals surface area contributed by atoms with Gasteiger partial charge in [0.1, 0.15) is 35.0 Å². The van der Waals surface area contributed by atoms with E-state index >= 15 is 0 Å². The van der Waals surface area contributed by atoms with Gasteiger partial charge in [-0.2, -0.15) is 0 Å². The van der Waals surface area contributed by atoms with Crippen molar-refractivity contribution in [3.63, 3.8) is 0 Å². The van der Waals surface area contributed by atoms with E-state index in [0.29, 0.717) is 33.1 Å². The zero-order valence-corrected chi connectivity index (χ0v) is 47.9. The first kappa shape index (κ1) is 69.6. The van der Waals surface area contributed by atoms with Crippen molar-refractivity contribution >= 4 is 93.2 Å². The maximum Gasteiger partial charge on any atom is 0.324 e. The van der Waals surface area contributed by atoms with E-state index in [9.17, 15) is 98.4 Å². The van der Waals surface area contributed by atoms with Crippen LogP contribution >= 0.6 is 0 Å². The molecule has 480 valence electrons. The minimum Gasteiger partial charge on any atom is -0.497 e. The number of aromatic amines is 2. The van der Waals surface area contributed by atoms with Gasteiger partial charge >= 0.3 is 47.8 Å². The summed E-state index contributed by atoms with van der Waals surface area (Å²) >= 11 is 0. The topological polar surface area (TPSA) is 534 Å². The van der Waals surface area contributed by atoms with E-state index in [4.69, 9.17) is 4.74 Å². The second kappa shape index (κ2) is 32.0. The number of nitrogens with zero attached hydrogens (tertiary/aromatic N) is 2. The minimum atomic E-state index is -1.89. The predicted octanol–water partition coefficient (Wildman–Crippen LogP) is -3.30. The number of benzene rings is 3. The standard InChI is InChI=1S/C54H68N14O21/c1-53(57-21-37(71)72,58-22-38(73)74)48(52(87)88)55-17-16-34(51(85)86)56-20-35(69)63-65-49(83)46-44(30-8-4-6-10-32(30)61-46)43(28-12-14-29(89-3)15-13-28)45-31-9-5-7-11-33(31)62-47(45)50(84)66-64-36(70)25-67(26-41(79)80)18-19-68(27-42(81)82)54(2,59-23-39(75)76)60-24-40(77)78/h4-15,34,43,48,55-62H,16-27H2,1-3H3,(H,63,69)(H,64,70)(H,65,83)(H,66,84)(H,71,72)(H,73,74)(H,75,76)(H,77,78)(H,79,80)(H,81,82)(H,85,86)(H,87,88). The molecule has 0 aliphatic rings. The summed E-state index contributed by atoms with van der Waals surface area (Å²) < 4.78 is 5.44. The average molecular weight is 1250 g/mol. The number of carbonyl (C=O) groups is 12. The Kier molecular flexibility index (Phi) is 25.0. The van der Waals surface area contributed by atoms with E-state index in [1.807, 2.05) is 0 Å². The van der Waals surface area contributed by atoms with Crippen LogP contribution in [0.4, 0.5) is 0 Å². The SMILES string of the molecule is COc1ccc(C(c2c(C(=O)NNC(=O)CNC(CCNC(C(=O)O)C(C)(NCC(=O)O)NCC(=O)O)C(=O)O)[nH]c3ccccc23)c2c(C(=O)NNC(=O)CN(CCN(CC(=O)O)C(C)(NCC(=O)O)NCC(=O)O)CC(=O)O)[nH]c3ccccc23)cc1. The quantitative estimate of drug-likeness (QED) is 0.0136. The molecule has 0 bridgehead atoms. The highest BCUT2D eigenvalue weighted by Crippen LogP contribution is 2.43. The first-order chi connectivity index (χ1) is 42.1. The third kappa shape index (κ3) is 20.0. The lowest BCUT2D eigenvalue weighted by Crippen LogP contribution is -2.70. The molecular weight excluding hydrogens is 1180 g/mol. The van der Waals surface area contributed by atoms with Gasteiger partial charge in [-0.15, -0.1) is 0 Å². The maximum absolute atomic E-state index is 14.6. The normalized spacial score (nSPS) is 12.6. The Hall–Kier alpha value is -10.1. The van der Waals surface area contributed by atoms with E-state index in [-0.39, 0.29) is 48.6 Å². The Morgan fingerprint density at radius 2 is 0.989 bits per heavy atom. The molecule has 2 aromatic heterocycles. The molecule has 35 nitrogen and oxygen atoms in total. The molecule has 0 spiro atoms. The van der Waals surface area contributed by atoms with E-state index in [2.05, 4.69) is 63.6 Å². The monoisotopic (exact) mass is 1250 g/mol. The summed E-state index contributed by atoms with van der Waals surface area (Å²) in [5.41, 5.74) is 8.76. The first-order valence-electron chi connectivity index (χ1n) is 26.8. The van der Waals surface area contributed by atoms with Gasteiger partial charge in [0.25, 0.3) is 23.6 Å². The molecule has 3 atom stereocenters. The molecule has 2 heterocycles. The molecule has 3 aromatic carbocycles. The number of para-hydroxylation sites is 2. The van der Waals surface area contributed by atoms with Gasteiger partial charge in [0.05, 0.1) is 65.1 Å². The van der Waals surface area contributed by atoms with Gasteiger partial charge in [-0.05, 0) is 56.6 Å². The molecular formula is C54H68N14O21. The zero-order chi connectivity index (χ0) is 65.8. The summed E-state index contributed by atoms with van der Waals surface area (Å²) in [6.07, 6.45) is -0.379. The lowest BCUT2D eigenvalue weighted by atomic mass is 9.81. The van der Waals surface area contributed by atoms with Crippen LogP contribution in [0.1, 0.15) is 63.9 Å². The van der Waals surface area contributed by atoms with Crippen molar-refractivity contribution in [3.05, 3.63) is 101 Å². The molecule has 4 amide bonds. The first-order valence-corrected chi connectivity index (χ1v) is 26.8. The summed E-state index contributed by atoms with van der Waals surface area (Å²) in [6, 6.07) is 16.8. The molecule has 5 aromatic rings. The van der Waals surface area contributed by atoms with Crippen molar-refractivity contribution in [1.82, 2.24) is 73.4 Å². The van der Waals surface area contributed by atoms with Crippen molar-refractivity contribution in [2.75, 3.05) is 79.1 Å². The number of fused-ring (bicyclic) bond motifs is 2. The number of carboxylic acids is 8. The second-order valence-electron chi connectivity index (χ2n) is 20.1. The van der Waals surface area contributed by atoms with Crippen LogP contribution in [-0.4, -0.2) is 235 Å². The second-order valence-corrected chi connectivity index (χ2v) is 20.1. The largest absolute Gasteiger partial charge is 0.497 e. The molecule has 0 saturated heterocycles. The number of hydrogen-bond acceptors (Lipinski definition) is 21. The number of amides is 4. The fourth-order valence-electron chi connectivity index (χ4n) is 9.52. The fourth-order valence-corrected chi connectivity index (χ4v) is 9.52. The highest BCUT2D eigenvalue weighted by atomic mass is 16.5. The van der Waals surface area contributed by atoms with Gasteiger partial charge in [-0.1, -0.05) is 48.5 Å². The minimum absolute atomic E-state index is 0.147. The van der Waals surface area contributed by atoms with Crippen molar-refractivity contribution in [3.8, 4) is 5.75 Å². The Labute approximate surface area is 503 Å². The van der Waals surface area contributed by atoms with Crippen LogP contribution in [0.2, 0.25) is 0 Å². The highest BCUT2D eigenvalue weighted by molar-refractivity contribution is 6.06. The number of aromatic nitrogens is 2. The van der Waals surface area contributed by atoms with Crippen LogP contribution in [0.3, 0.4) is 0 Å². The smallest absolute Gasteiger partial charge is 0.324 e. The Balaban J connectivity index is 1.41. The van der Waals surface area contributed by atoms with Crippen molar-refractivity contribution in [2.45, 2.75) is 49.7 Å². The Morgan fingerprint density at radius 3 is 1.44 bits per heavy atom. The van der Waals surface area contributed by atoms with E-state index in [0.717, 1.165) is 9.80 Å². The van der Waals surface area contributed by atoms with Crippen LogP contribution in [-0.2, 0) is 47.9 Å². The summed E-state index contributed by atoms with van der Waals surface area (Å²) in [5.74, 6) is -17.7. The fraction of sp³-hybridized carbons (Fsp3) is 0.370. The lowest BCUT2D eigenvalue weighted by molar-refractivity contribution is -0.145. The number of methoxy groups -OCH3 is 1. The van der Waals surface area contributed by atoms with E-state index < -0.39 is 153 Å². The number of nitrogens with one attached hydrogen (secondary N) is 12. The summed E-state index contributed by atoms with van der Waals surface area (Å²) in [5, 5.41) is 92.5. The maximum atomic E-state index is 14.6. The number of rotatable bonds is 38. The Bertz CT molecular complexity index is 3390. The number of ether oxygens (including phenoxy) is 1. The molecule has 20 N–H and O–H groups in total. The van der Waals surface area contributed by atoms with Crippen LogP contribution in [0, 0.1) is 0 Å². The molecule has 5 rings (SSSR count). The number of carbonyl (C=O) groups excluding carboxylic acids is 4. The highest BCUT2D eigenvalue weighted by Gasteiger charge is 2.40. The molecule has 0 saturated carbocycles. The molecule has 0 aliphatic carbocycles. The third-order valence-electron chi connectivity index (χ3n) is 13.8. The number of hydrogen-bond donors (Lipinski definition) is 20. The summed E-state index contributed by atoms with van der Waals surface area (Å²) in [4.78, 5) is 159. The molecule has 0 radical (unpaired) electrons. The van der Waals surface area contributed by atoms with Crippen molar-refractivity contribution in [2.24, 2.45) is 0 Å². The molecule has 0 fully saturated rings.